The minimum absolute atomic E-state index is 0.000376. The number of aryl methyl sites for hydroxylation is 2. The Bertz CT molecular complexity index is 852. The molecule has 0 fully saturated rings. The van der Waals surface area contributed by atoms with Gasteiger partial charge in [-0.05, 0) is 32.4 Å². The molecule has 24 heavy (non-hydrogen) atoms. The van der Waals surface area contributed by atoms with Crippen LogP contribution in [0, 0.1) is 13.8 Å². The number of amides is 1. The molecule has 0 saturated heterocycles. The molecule has 1 amide bonds. The molecule has 0 aliphatic rings. The highest BCUT2D eigenvalue weighted by Crippen LogP contribution is 2.28. The van der Waals surface area contributed by atoms with Gasteiger partial charge in [-0.2, -0.15) is 0 Å². The van der Waals surface area contributed by atoms with E-state index in [1.807, 2.05) is 43.5 Å². The first-order chi connectivity index (χ1) is 11.6. The number of aromatic nitrogens is 1. The maximum atomic E-state index is 12.9. The van der Waals surface area contributed by atoms with E-state index >= 15 is 0 Å². The lowest BCUT2D eigenvalue weighted by molar-refractivity contribution is 0.0987. The van der Waals surface area contributed by atoms with Crippen molar-refractivity contribution in [2.75, 3.05) is 11.4 Å². The van der Waals surface area contributed by atoms with E-state index < -0.39 is 0 Å². The molecule has 1 aromatic heterocycles. The molecule has 0 radical (unpaired) electrons. The molecule has 0 unspecified atom stereocenters. The molecular formula is C20H20N2OS. The number of benzene rings is 2. The van der Waals surface area contributed by atoms with Gasteiger partial charge in [-0.25, -0.2) is 4.98 Å². The number of rotatable bonds is 4. The van der Waals surface area contributed by atoms with Gasteiger partial charge in [0.1, 0.15) is 0 Å². The summed E-state index contributed by atoms with van der Waals surface area (Å²) in [5.41, 5.74) is 4.91. The van der Waals surface area contributed by atoms with Crippen LogP contribution in [0.15, 0.2) is 53.9 Å². The third-order valence-electron chi connectivity index (χ3n) is 4.01. The topological polar surface area (TPSA) is 33.2 Å². The van der Waals surface area contributed by atoms with Gasteiger partial charge in [0.2, 0.25) is 0 Å². The summed E-state index contributed by atoms with van der Waals surface area (Å²) in [4.78, 5) is 19.3. The SMILES string of the molecule is CCN(C(=O)c1ccccc1C)c1nc(-c2ccc(C)cc2)cs1. The highest BCUT2D eigenvalue weighted by atomic mass is 32.1. The minimum atomic E-state index is 0.000376. The summed E-state index contributed by atoms with van der Waals surface area (Å²) in [6, 6.07) is 15.9. The maximum absolute atomic E-state index is 12.9. The summed E-state index contributed by atoms with van der Waals surface area (Å²) in [7, 11) is 0. The van der Waals surface area contributed by atoms with Crippen LogP contribution in [0.25, 0.3) is 11.3 Å². The van der Waals surface area contributed by atoms with Crippen molar-refractivity contribution < 1.29 is 4.79 Å². The average molecular weight is 336 g/mol. The molecule has 4 heteroatoms. The molecule has 3 aromatic rings. The fourth-order valence-electron chi connectivity index (χ4n) is 2.57. The van der Waals surface area contributed by atoms with E-state index in [0.29, 0.717) is 6.54 Å². The highest BCUT2D eigenvalue weighted by molar-refractivity contribution is 7.14. The third-order valence-corrected chi connectivity index (χ3v) is 4.87. The Balaban J connectivity index is 1.91. The minimum Gasteiger partial charge on any atom is -0.284 e. The zero-order valence-corrected chi connectivity index (χ0v) is 14.9. The van der Waals surface area contributed by atoms with Crippen LogP contribution in [0.2, 0.25) is 0 Å². The Morgan fingerprint density at radius 3 is 2.46 bits per heavy atom. The van der Waals surface area contributed by atoms with Gasteiger partial charge in [0.25, 0.3) is 5.91 Å². The van der Waals surface area contributed by atoms with Gasteiger partial charge in [-0.1, -0.05) is 48.0 Å². The van der Waals surface area contributed by atoms with E-state index in [9.17, 15) is 4.79 Å². The molecule has 0 saturated carbocycles. The van der Waals surface area contributed by atoms with Crippen LogP contribution in [-0.2, 0) is 0 Å². The number of anilines is 1. The van der Waals surface area contributed by atoms with E-state index in [1.54, 1.807) is 4.90 Å². The van der Waals surface area contributed by atoms with Gasteiger partial charge >= 0.3 is 0 Å². The summed E-state index contributed by atoms with van der Waals surface area (Å²) in [5.74, 6) is 0.000376. The van der Waals surface area contributed by atoms with Gasteiger partial charge in [0.05, 0.1) is 5.69 Å². The second-order valence-electron chi connectivity index (χ2n) is 5.75. The number of thiazole rings is 1. The molecular weight excluding hydrogens is 316 g/mol. The fraction of sp³-hybridized carbons (Fsp3) is 0.200. The summed E-state index contributed by atoms with van der Waals surface area (Å²) in [5, 5.41) is 2.75. The first-order valence-corrected chi connectivity index (χ1v) is 8.88. The lowest BCUT2D eigenvalue weighted by atomic mass is 10.1. The Kier molecular flexibility index (Phi) is 4.76. The summed E-state index contributed by atoms with van der Waals surface area (Å²) < 4.78 is 0. The van der Waals surface area contributed by atoms with E-state index in [1.165, 1.54) is 16.9 Å². The monoisotopic (exact) mass is 336 g/mol. The van der Waals surface area contributed by atoms with E-state index in [2.05, 4.69) is 36.2 Å². The highest BCUT2D eigenvalue weighted by Gasteiger charge is 2.20. The van der Waals surface area contributed by atoms with Crippen LogP contribution >= 0.6 is 11.3 Å². The summed E-state index contributed by atoms with van der Waals surface area (Å²) in [6.45, 7) is 6.59. The number of hydrogen-bond acceptors (Lipinski definition) is 3. The van der Waals surface area contributed by atoms with Crippen molar-refractivity contribution in [2.24, 2.45) is 0 Å². The zero-order chi connectivity index (χ0) is 17.1. The molecule has 2 aromatic carbocycles. The lowest BCUT2D eigenvalue weighted by Crippen LogP contribution is -2.31. The quantitative estimate of drug-likeness (QED) is 0.664. The number of hydrogen-bond donors (Lipinski definition) is 0. The molecule has 0 aliphatic carbocycles. The maximum Gasteiger partial charge on any atom is 0.260 e. The fourth-order valence-corrected chi connectivity index (χ4v) is 3.47. The summed E-state index contributed by atoms with van der Waals surface area (Å²) >= 11 is 1.50. The van der Waals surface area contributed by atoms with Crippen LogP contribution in [0.1, 0.15) is 28.4 Å². The van der Waals surface area contributed by atoms with Crippen molar-refractivity contribution in [1.29, 1.82) is 0 Å². The predicted octanol–water partition coefficient (Wildman–Crippen LogP) is 5.09. The van der Waals surface area contributed by atoms with Crippen molar-refractivity contribution in [1.82, 2.24) is 4.98 Å². The number of carbonyl (C=O) groups excluding carboxylic acids is 1. The average Bonchev–Trinajstić information content (AvgIpc) is 3.06. The van der Waals surface area contributed by atoms with Crippen molar-refractivity contribution in [2.45, 2.75) is 20.8 Å². The van der Waals surface area contributed by atoms with Crippen LogP contribution in [0.5, 0.6) is 0 Å². The first kappa shape index (κ1) is 16.4. The van der Waals surface area contributed by atoms with E-state index in [-0.39, 0.29) is 5.91 Å². The largest absolute Gasteiger partial charge is 0.284 e. The standard InChI is InChI=1S/C20H20N2OS/c1-4-22(19(23)17-8-6-5-7-15(17)3)20-21-18(13-24-20)16-11-9-14(2)10-12-16/h5-13H,4H2,1-3H3. The second kappa shape index (κ2) is 6.97. The van der Waals surface area contributed by atoms with Crippen molar-refractivity contribution in [3.05, 3.63) is 70.6 Å². The van der Waals surface area contributed by atoms with Gasteiger partial charge in [0, 0.05) is 23.1 Å². The molecule has 3 nitrogen and oxygen atoms in total. The van der Waals surface area contributed by atoms with Gasteiger partial charge < -0.3 is 0 Å². The normalized spacial score (nSPS) is 10.6. The smallest absolute Gasteiger partial charge is 0.260 e. The molecule has 1 heterocycles. The molecule has 3 rings (SSSR count). The summed E-state index contributed by atoms with van der Waals surface area (Å²) in [6.07, 6.45) is 0. The Morgan fingerprint density at radius 1 is 1.08 bits per heavy atom. The van der Waals surface area contributed by atoms with Gasteiger partial charge in [-0.3, -0.25) is 9.69 Å². The van der Waals surface area contributed by atoms with Crippen LogP contribution in [-0.4, -0.2) is 17.4 Å². The van der Waals surface area contributed by atoms with Crippen LogP contribution in [0.4, 0.5) is 5.13 Å². The first-order valence-electron chi connectivity index (χ1n) is 8.00. The molecule has 0 bridgehead atoms. The third kappa shape index (κ3) is 3.24. The molecule has 122 valence electrons. The molecule has 0 spiro atoms. The Morgan fingerprint density at radius 2 is 1.79 bits per heavy atom. The number of carbonyl (C=O) groups is 1. The zero-order valence-electron chi connectivity index (χ0n) is 14.1. The molecule has 0 aliphatic heterocycles. The van der Waals surface area contributed by atoms with Crippen molar-refractivity contribution in [3.8, 4) is 11.3 Å². The van der Waals surface area contributed by atoms with Crippen molar-refractivity contribution >= 4 is 22.4 Å². The Hall–Kier alpha value is -2.46. The van der Waals surface area contributed by atoms with E-state index in [4.69, 9.17) is 0 Å². The Labute approximate surface area is 146 Å². The van der Waals surface area contributed by atoms with Crippen LogP contribution in [0.3, 0.4) is 0 Å². The van der Waals surface area contributed by atoms with Crippen LogP contribution < -0.4 is 4.90 Å². The van der Waals surface area contributed by atoms with E-state index in [0.717, 1.165) is 27.5 Å². The predicted molar refractivity (Wildman–Crippen MR) is 101 cm³/mol. The van der Waals surface area contributed by atoms with Crippen molar-refractivity contribution in [3.63, 3.8) is 0 Å². The van der Waals surface area contributed by atoms with Gasteiger partial charge in [-0.15, -0.1) is 11.3 Å². The molecule has 0 N–H and O–H groups in total. The molecule has 0 atom stereocenters. The van der Waals surface area contributed by atoms with Gasteiger partial charge in [0.15, 0.2) is 5.13 Å². The second-order valence-corrected chi connectivity index (χ2v) is 6.58. The lowest BCUT2D eigenvalue weighted by Gasteiger charge is -2.18. The number of nitrogens with zero attached hydrogens (tertiary/aromatic N) is 2.